The van der Waals surface area contributed by atoms with E-state index in [1.807, 2.05) is 0 Å². The second-order valence-electron chi connectivity index (χ2n) is 2.77. The third-order valence-electron chi connectivity index (χ3n) is 1.78. The zero-order valence-corrected chi connectivity index (χ0v) is 9.18. The van der Waals surface area contributed by atoms with Crippen LogP contribution >= 0.6 is 23.7 Å². The molecular weight excluding hydrogens is 236 g/mol. The van der Waals surface area contributed by atoms with Gasteiger partial charge >= 0.3 is 0 Å². The average Bonchev–Trinajstić information content (AvgIpc) is 2.51. The van der Waals surface area contributed by atoms with Crippen molar-refractivity contribution < 1.29 is 10.2 Å². The van der Waals surface area contributed by atoms with Gasteiger partial charge in [-0.2, -0.15) is 0 Å². The van der Waals surface area contributed by atoms with Crippen LogP contribution < -0.4 is 5.73 Å². The summed E-state index contributed by atoms with van der Waals surface area (Å²) in [6.45, 7) is 0. The Bertz CT molecular complexity index is 473. The maximum atomic E-state index is 9.52. The molecule has 1 aromatic carbocycles. The molecule has 0 atom stereocenters. The fourth-order valence-corrected chi connectivity index (χ4v) is 1.71. The van der Waals surface area contributed by atoms with Crippen LogP contribution in [0, 0.1) is 0 Å². The number of benzene rings is 1. The quantitative estimate of drug-likeness (QED) is 0.719. The van der Waals surface area contributed by atoms with Gasteiger partial charge in [0.15, 0.2) is 5.13 Å². The van der Waals surface area contributed by atoms with E-state index in [2.05, 4.69) is 4.98 Å². The standard InChI is InChI=1S/C9H8N2O2S.ClH/c10-9-11-7(4-14-9)6-2-1-5(12)3-8(6)13;/h1-4,12-13H,(H2,10,11);1H. The number of thiazole rings is 1. The molecule has 0 aliphatic carbocycles. The summed E-state index contributed by atoms with van der Waals surface area (Å²) >= 11 is 1.31. The van der Waals surface area contributed by atoms with Crippen LogP contribution in [0.15, 0.2) is 23.6 Å². The number of nitrogen functional groups attached to an aromatic ring is 1. The van der Waals surface area contributed by atoms with Gasteiger partial charge in [0.1, 0.15) is 11.5 Å². The minimum absolute atomic E-state index is 0. The van der Waals surface area contributed by atoms with Crippen LogP contribution in [0.25, 0.3) is 11.3 Å². The van der Waals surface area contributed by atoms with Crippen LogP contribution in [0.4, 0.5) is 5.13 Å². The number of phenols is 2. The number of nitrogens with two attached hydrogens (primary N) is 1. The molecule has 0 unspecified atom stereocenters. The summed E-state index contributed by atoms with van der Waals surface area (Å²) in [7, 11) is 0. The molecule has 0 radical (unpaired) electrons. The highest BCUT2D eigenvalue weighted by atomic mass is 35.5. The van der Waals surface area contributed by atoms with Gasteiger partial charge in [-0.25, -0.2) is 4.98 Å². The monoisotopic (exact) mass is 244 g/mol. The summed E-state index contributed by atoms with van der Waals surface area (Å²) in [5.74, 6) is 0.0183. The lowest BCUT2D eigenvalue weighted by Gasteiger charge is -2.00. The van der Waals surface area contributed by atoms with Gasteiger partial charge in [0.05, 0.1) is 5.69 Å². The van der Waals surface area contributed by atoms with Crippen molar-refractivity contribution in [2.24, 2.45) is 0 Å². The van der Waals surface area contributed by atoms with Crippen molar-refractivity contribution in [3.8, 4) is 22.8 Å². The Kier molecular flexibility index (Phi) is 3.39. The van der Waals surface area contributed by atoms with E-state index in [1.54, 1.807) is 11.4 Å². The van der Waals surface area contributed by atoms with Crippen LogP contribution in [0.1, 0.15) is 0 Å². The van der Waals surface area contributed by atoms with E-state index in [1.165, 1.54) is 23.5 Å². The molecule has 0 fully saturated rings. The van der Waals surface area contributed by atoms with E-state index >= 15 is 0 Å². The van der Waals surface area contributed by atoms with Gasteiger partial charge in [-0.15, -0.1) is 23.7 Å². The maximum Gasteiger partial charge on any atom is 0.180 e. The Labute approximate surface area is 96.4 Å². The molecule has 0 spiro atoms. The second-order valence-corrected chi connectivity index (χ2v) is 3.66. The van der Waals surface area contributed by atoms with Gasteiger partial charge in [-0.3, -0.25) is 0 Å². The van der Waals surface area contributed by atoms with Gasteiger partial charge in [-0.05, 0) is 12.1 Å². The highest BCUT2D eigenvalue weighted by molar-refractivity contribution is 7.13. The molecule has 0 aliphatic rings. The zero-order chi connectivity index (χ0) is 10.1. The first kappa shape index (κ1) is 11.6. The van der Waals surface area contributed by atoms with Gasteiger partial charge < -0.3 is 15.9 Å². The molecule has 6 heteroatoms. The third-order valence-corrected chi connectivity index (χ3v) is 2.45. The summed E-state index contributed by atoms with van der Waals surface area (Å²) < 4.78 is 0. The number of hydrogen-bond acceptors (Lipinski definition) is 5. The predicted molar refractivity (Wildman–Crippen MR) is 62.5 cm³/mol. The van der Waals surface area contributed by atoms with Crippen LogP contribution in [0.5, 0.6) is 11.5 Å². The van der Waals surface area contributed by atoms with E-state index in [0.29, 0.717) is 16.4 Å². The van der Waals surface area contributed by atoms with Gasteiger partial charge in [0.25, 0.3) is 0 Å². The molecule has 0 aliphatic heterocycles. The summed E-state index contributed by atoms with van der Waals surface area (Å²) in [5.41, 5.74) is 6.65. The Morgan fingerprint density at radius 3 is 2.53 bits per heavy atom. The smallest absolute Gasteiger partial charge is 0.180 e. The van der Waals surface area contributed by atoms with Crippen molar-refractivity contribution >= 4 is 28.9 Å². The van der Waals surface area contributed by atoms with E-state index in [4.69, 9.17) is 10.8 Å². The lowest BCUT2D eigenvalue weighted by atomic mass is 10.1. The van der Waals surface area contributed by atoms with Gasteiger partial charge in [0, 0.05) is 17.0 Å². The molecule has 1 aromatic heterocycles. The Hall–Kier alpha value is -1.46. The first-order valence-corrected chi connectivity index (χ1v) is 4.78. The minimum atomic E-state index is -0.00435. The topological polar surface area (TPSA) is 79.4 Å². The molecule has 15 heavy (non-hydrogen) atoms. The largest absolute Gasteiger partial charge is 0.508 e. The molecule has 0 saturated carbocycles. The Morgan fingerprint density at radius 2 is 2.00 bits per heavy atom. The summed E-state index contributed by atoms with van der Waals surface area (Å²) in [5, 5.41) is 20.8. The molecule has 0 amide bonds. The first-order chi connectivity index (χ1) is 6.66. The van der Waals surface area contributed by atoms with Crippen LogP contribution in [0.3, 0.4) is 0 Å². The Morgan fingerprint density at radius 1 is 1.27 bits per heavy atom. The van der Waals surface area contributed by atoms with E-state index < -0.39 is 0 Å². The van der Waals surface area contributed by atoms with Crippen molar-refractivity contribution in [1.82, 2.24) is 4.98 Å². The number of aromatic hydroxyl groups is 2. The van der Waals surface area contributed by atoms with Crippen LogP contribution in [-0.4, -0.2) is 15.2 Å². The zero-order valence-electron chi connectivity index (χ0n) is 7.54. The number of phenolic OH excluding ortho intramolecular Hbond substituents is 2. The summed E-state index contributed by atoms with van der Waals surface area (Å²) in [4.78, 5) is 4.03. The number of hydrogen-bond donors (Lipinski definition) is 3. The highest BCUT2D eigenvalue weighted by Crippen LogP contribution is 2.32. The van der Waals surface area contributed by atoms with E-state index in [-0.39, 0.29) is 23.9 Å². The lowest BCUT2D eigenvalue weighted by Crippen LogP contribution is -1.83. The lowest BCUT2D eigenvalue weighted by molar-refractivity contribution is 0.452. The fraction of sp³-hybridized carbons (Fsp3) is 0. The third kappa shape index (κ3) is 2.31. The molecular formula is C9H9ClN2O2S. The van der Waals surface area contributed by atoms with Crippen LogP contribution in [0.2, 0.25) is 0 Å². The number of anilines is 1. The second kappa shape index (κ2) is 4.37. The van der Waals surface area contributed by atoms with Crippen molar-refractivity contribution in [1.29, 1.82) is 0 Å². The molecule has 4 N–H and O–H groups in total. The van der Waals surface area contributed by atoms with Crippen molar-refractivity contribution in [3.05, 3.63) is 23.6 Å². The average molecular weight is 245 g/mol. The molecule has 4 nitrogen and oxygen atoms in total. The summed E-state index contributed by atoms with van der Waals surface area (Å²) in [6.07, 6.45) is 0. The van der Waals surface area contributed by atoms with Crippen molar-refractivity contribution in [2.75, 3.05) is 5.73 Å². The highest BCUT2D eigenvalue weighted by Gasteiger charge is 2.07. The molecule has 80 valence electrons. The molecule has 2 aromatic rings. The van der Waals surface area contributed by atoms with E-state index in [9.17, 15) is 5.11 Å². The molecule has 0 saturated heterocycles. The Balaban J connectivity index is 0.00000112. The first-order valence-electron chi connectivity index (χ1n) is 3.90. The number of aromatic nitrogens is 1. The molecule has 2 rings (SSSR count). The predicted octanol–water partition coefficient (Wildman–Crippen LogP) is 2.23. The van der Waals surface area contributed by atoms with Crippen molar-refractivity contribution in [3.63, 3.8) is 0 Å². The normalized spacial score (nSPS) is 9.60. The number of nitrogens with zero attached hydrogens (tertiary/aromatic N) is 1. The maximum absolute atomic E-state index is 9.52. The van der Waals surface area contributed by atoms with Crippen molar-refractivity contribution in [2.45, 2.75) is 0 Å². The number of rotatable bonds is 1. The SMILES string of the molecule is Cl.Nc1nc(-c2ccc(O)cc2O)cs1. The minimum Gasteiger partial charge on any atom is -0.508 e. The summed E-state index contributed by atoms with van der Waals surface area (Å²) in [6, 6.07) is 4.36. The fourth-order valence-electron chi connectivity index (χ4n) is 1.15. The van der Waals surface area contributed by atoms with Gasteiger partial charge in [0.2, 0.25) is 0 Å². The molecule has 1 heterocycles. The van der Waals surface area contributed by atoms with Gasteiger partial charge in [-0.1, -0.05) is 0 Å². The van der Waals surface area contributed by atoms with E-state index in [0.717, 1.165) is 0 Å². The molecule has 0 bridgehead atoms. The van der Waals surface area contributed by atoms with Crippen LogP contribution in [-0.2, 0) is 0 Å². The number of halogens is 1.